The summed E-state index contributed by atoms with van der Waals surface area (Å²) in [5.74, 6) is 0.703. The summed E-state index contributed by atoms with van der Waals surface area (Å²) in [6, 6.07) is 8.36. The summed E-state index contributed by atoms with van der Waals surface area (Å²) in [6.45, 7) is 9.85. The Bertz CT molecular complexity index is 742. The maximum atomic E-state index is 13.1. The van der Waals surface area contributed by atoms with Crippen LogP contribution in [-0.4, -0.2) is 47.1 Å². The molecule has 0 saturated carbocycles. The molecule has 6 nitrogen and oxygen atoms in total. The number of urea groups is 1. The number of benzene rings is 1. The predicted octanol–water partition coefficient (Wildman–Crippen LogP) is 3.33. The first-order valence-corrected chi connectivity index (χ1v) is 9.38. The summed E-state index contributed by atoms with van der Waals surface area (Å²) >= 11 is 0. The maximum Gasteiger partial charge on any atom is 0.324 e. The lowest BCUT2D eigenvalue weighted by Gasteiger charge is -2.33. The topological polar surface area (TPSA) is 52.6 Å². The number of nitrogens with zero attached hydrogens (tertiary/aromatic N) is 5. The second-order valence-corrected chi connectivity index (χ2v) is 6.38. The summed E-state index contributed by atoms with van der Waals surface area (Å²) in [7, 11) is 0. The summed E-state index contributed by atoms with van der Waals surface area (Å²) in [4.78, 5) is 27.7. The van der Waals surface area contributed by atoms with Gasteiger partial charge in [0.1, 0.15) is 0 Å². The highest BCUT2D eigenvalue weighted by Gasteiger charge is 2.25. The molecule has 1 aliphatic heterocycles. The highest BCUT2D eigenvalue weighted by atomic mass is 16.2. The summed E-state index contributed by atoms with van der Waals surface area (Å²) in [6.07, 6.45) is 4.40. The number of anilines is 2. The molecule has 0 atom stereocenters. The van der Waals surface area contributed by atoms with Crippen LogP contribution in [-0.2, 0) is 13.0 Å². The molecular weight excluding hydrogens is 326 g/mol. The fourth-order valence-corrected chi connectivity index (χ4v) is 3.38. The van der Waals surface area contributed by atoms with Crippen LogP contribution in [0.25, 0.3) is 0 Å². The Morgan fingerprint density at radius 3 is 2.31 bits per heavy atom. The normalized spacial score (nSPS) is 13.3. The molecule has 0 N–H and O–H groups in total. The molecule has 138 valence electrons. The van der Waals surface area contributed by atoms with Crippen LogP contribution in [0.15, 0.2) is 36.7 Å². The lowest BCUT2D eigenvalue weighted by Crippen LogP contribution is -2.45. The van der Waals surface area contributed by atoms with Gasteiger partial charge in [0.15, 0.2) is 0 Å². The van der Waals surface area contributed by atoms with Crippen molar-refractivity contribution >= 4 is 17.7 Å². The van der Waals surface area contributed by atoms with Gasteiger partial charge < -0.3 is 9.80 Å². The van der Waals surface area contributed by atoms with Crippen molar-refractivity contribution in [2.45, 2.75) is 33.7 Å². The Hall–Kier alpha value is -2.63. The van der Waals surface area contributed by atoms with Gasteiger partial charge in [-0.15, -0.1) is 0 Å². The summed E-state index contributed by atoms with van der Waals surface area (Å²) in [5.41, 5.74) is 3.31. The number of hydrogen-bond acceptors (Lipinski definition) is 4. The molecule has 26 heavy (non-hydrogen) atoms. The summed E-state index contributed by atoms with van der Waals surface area (Å²) in [5, 5.41) is 0. The monoisotopic (exact) mass is 353 g/mol. The predicted molar refractivity (Wildman–Crippen MR) is 105 cm³/mol. The van der Waals surface area contributed by atoms with Gasteiger partial charge in [0, 0.05) is 32.7 Å². The third kappa shape index (κ3) is 3.64. The van der Waals surface area contributed by atoms with Crippen molar-refractivity contribution in [1.82, 2.24) is 14.9 Å². The molecule has 0 radical (unpaired) electrons. The minimum absolute atomic E-state index is 0.0150. The smallest absolute Gasteiger partial charge is 0.324 e. The van der Waals surface area contributed by atoms with Crippen molar-refractivity contribution in [3.63, 3.8) is 0 Å². The summed E-state index contributed by atoms with van der Waals surface area (Å²) < 4.78 is 0. The van der Waals surface area contributed by atoms with E-state index in [1.807, 2.05) is 17.9 Å². The molecule has 0 spiro atoms. The van der Waals surface area contributed by atoms with Crippen LogP contribution in [0.2, 0.25) is 0 Å². The lowest BCUT2D eigenvalue weighted by molar-refractivity contribution is 0.199. The van der Waals surface area contributed by atoms with E-state index in [-0.39, 0.29) is 6.03 Å². The van der Waals surface area contributed by atoms with E-state index in [1.165, 1.54) is 11.1 Å². The van der Waals surface area contributed by atoms with Crippen molar-refractivity contribution in [2.24, 2.45) is 0 Å². The van der Waals surface area contributed by atoms with E-state index >= 15 is 0 Å². The van der Waals surface area contributed by atoms with Gasteiger partial charge in [0.25, 0.3) is 0 Å². The second-order valence-electron chi connectivity index (χ2n) is 6.38. The molecule has 0 bridgehead atoms. The number of hydrogen-bond donors (Lipinski definition) is 0. The van der Waals surface area contributed by atoms with E-state index in [1.54, 1.807) is 17.3 Å². The molecule has 1 aromatic carbocycles. The van der Waals surface area contributed by atoms with E-state index in [4.69, 9.17) is 0 Å². The van der Waals surface area contributed by atoms with Crippen LogP contribution in [0.4, 0.5) is 16.4 Å². The SMILES string of the molecule is CCN(CC)c1ncc(N(CC)C(=O)N2CCc3ccccc3C2)cn1. The third-order valence-electron chi connectivity index (χ3n) is 4.93. The third-order valence-corrected chi connectivity index (χ3v) is 4.93. The van der Waals surface area contributed by atoms with Crippen molar-refractivity contribution in [3.05, 3.63) is 47.8 Å². The highest BCUT2D eigenvalue weighted by molar-refractivity contribution is 5.91. The average molecular weight is 353 g/mol. The standard InChI is InChI=1S/C20H27N5O/c1-4-23(5-2)19-21-13-18(14-22-19)25(6-3)20(26)24-12-11-16-9-7-8-10-17(16)15-24/h7-10,13-14H,4-6,11-12,15H2,1-3H3. The molecule has 2 amide bonds. The van der Waals surface area contributed by atoms with Crippen molar-refractivity contribution < 1.29 is 4.79 Å². The minimum atomic E-state index is 0.0150. The van der Waals surface area contributed by atoms with Gasteiger partial charge in [0.2, 0.25) is 5.95 Å². The fourth-order valence-electron chi connectivity index (χ4n) is 3.38. The quantitative estimate of drug-likeness (QED) is 0.827. The van der Waals surface area contributed by atoms with Gasteiger partial charge in [-0.25, -0.2) is 14.8 Å². The molecular formula is C20H27N5O. The number of amides is 2. The van der Waals surface area contributed by atoms with Crippen LogP contribution in [0.1, 0.15) is 31.9 Å². The van der Waals surface area contributed by atoms with E-state index in [2.05, 4.69) is 46.9 Å². The fraction of sp³-hybridized carbons (Fsp3) is 0.450. The molecule has 1 aromatic heterocycles. The van der Waals surface area contributed by atoms with E-state index in [0.29, 0.717) is 19.0 Å². The highest BCUT2D eigenvalue weighted by Crippen LogP contribution is 2.22. The molecule has 3 rings (SSSR count). The Balaban J connectivity index is 1.75. The molecule has 6 heteroatoms. The van der Waals surface area contributed by atoms with Gasteiger partial charge in [-0.05, 0) is 38.3 Å². The zero-order valence-electron chi connectivity index (χ0n) is 15.9. The number of carbonyl (C=O) groups excluding carboxylic acids is 1. The first-order valence-electron chi connectivity index (χ1n) is 9.38. The zero-order chi connectivity index (χ0) is 18.5. The van der Waals surface area contributed by atoms with Gasteiger partial charge in [-0.3, -0.25) is 4.90 Å². The Morgan fingerprint density at radius 2 is 1.69 bits per heavy atom. The maximum absolute atomic E-state index is 13.1. The molecule has 0 saturated heterocycles. The first-order chi connectivity index (χ1) is 12.7. The zero-order valence-corrected chi connectivity index (χ0v) is 15.9. The number of fused-ring (bicyclic) bond motifs is 1. The lowest BCUT2D eigenvalue weighted by atomic mass is 10.0. The molecule has 2 aromatic rings. The van der Waals surface area contributed by atoms with Gasteiger partial charge in [0.05, 0.1) is 18.1 Å². The van der Waals surface area contributed by atoms with Crippen LogP contribution in [0.5, 0.6) is 0 Å². The van der Waals surface area contributed by atoms with E-state index < -0.39 is 0 Å². The number of carbonyl (C=O) groups is 1. The van der Waals surface area contributed by atoms with Crippen molar-refractivity contribution in [1.29, 1.82) is 0 Å². The van der Waals surface area contributed by atoms with Crippen LogP contribution >= 0.6 is 0 Å². The average Bonchev–Trinajstić information content (AvgIpc) is 2.70. The second kappa shape index (κ2) is 8.17. The Labute approximate surface area is 155 Å². The van der Waals surface area contributed by atoms with Crippen molar-refractivity contribution in [2.75, 3.05) is 36.0 Å². The van der Waals surface area contributed by atoms with Gasteiger partial charge in [-0.1, -0.05) is 24.3 Å². The molecule has 0 fully saturated rings. The van der Waals surface area contributed by atoms with E-state index in [0.717, 1.165) is 31.7 Å². The molecule has 0 aliphatic carbocycles. The van der Waals surface area contributed by atoms with E-state index in [9.17, 15) is 4.79 Å². The minimum Gasteiger partial charge on any atom is -0.341 e. The molecule has 2 heterocycles. The first kappa shape index (κ1) is 18.2. The number of rotatable bonds is 5. The van der Waals surface area contributed by atoms with Crippen LogP contribution in [0, 0.1) is 0 Å². The molecule has 0 unspecified atom stereocenters. The van der Waals surface area contributed by atoms with Gasteiger partial charge >= 0.3 is 6.03 Å². The Morgan fingerprint density at radius 1 is 1.04 bits per heavy atom. The van der Waals surface area contributed by atoms with Gasteiger partial charge in [-0.2, -0.15) is 0 Å². The molecule has 1 aliphatic rings. The Kier molecular flexibility index (Phi) is 5.71. The van der Waals surface area contributed by atoms with Crippen LogP contribution < -0.4 is 9.80 Å². The number of aromatic nitrogens is 2. The van der Waals surface area contributed by atoms with Crippen LogP contribution in [0.3, 0.4) is 0 Å². The van der Waals surface area contributed by atoms with Crippen molar-refractivity contribution in [3.8, 4) is 0 Å². The largest absolute Gasteiger partial charge is 0.341 e.